The van der Waals surface area contributed by atoms with Crippen molar-refractivity contribution in [3.8, 4) is 17.2 Å². The number of aryl methyl sites for hydroxylation is 2. The van der Waals surface area contributed by atoms with Crippen molar-refractivity contribution in [1.82, 2.24) is 0 Å². The second-order valence-electron chi connectivity index (χ2n) is 6.99. The van der Waals surface area contributed by atoms with E-state index < -0.39 is 7.82 Å². The van der Waals surface area contributed by atoms with Crippen LogP contribution in [-0.2, 0) is 13.9 Å². The molecule has 158 valence electrons. The van der Waals surface area contributed by atoms with E-state index >= 15 is 0 Å². The lowest BCUT2D eigenvalue weighted by atomic mass is 10.1. The van der Waals surface area contributed by atoms with Gasteiger partial charge in [0.25, 0.3) is 0 Å². The summed E-state index contributed by atoms with van der Waals surface area (Å²) in [5, 5.41) is 1.92. The molecule has 4 rings (SSSR count). The summed E-state index contributed by atoms with van der Waals surface area (Å²) in [5.41, 5.74) is 2.09. The summed E-state index contributed by atoms with van der Waals surface area (Å²) in [6.45, 7) is 3.88. The molecule has 0 atom stereocenters. The van der Waals surface area contributed by atoms with Gasteiger partial charge in [-0.3, -0.25) is 0 Å². The number of hydrogen-bond acceptors (Lipinski definition) is 6. The molecule has 0 radical (unpaired) electrons. The lowest BCUT2D eigenvalue weighted by Gasteiger charge is -2.17. The molecule has 0 unspecified atom stereocenters. The molecule has 0 heterocycles. The van der Waals surface area contributed by atoms with Gasteiger partial charge in [0.2, 0.25) is 0 Å². The Hall–Kier alpha value is -3.31. The Labute approximate surface area is 180 Å². The van der Waals surface area contributed by atoms with Gasteiger partial charge in [-0.1, -0.05) is 75.1 Å². The first kappa shape index (κ1) is 20.9. The van der Waals surface area contributed by atoms with E-state index in [9.17, 15) is 4.57 Å². The van der Waals surface area contributed by atoms with Gasteiger partial charge in [-0.15, -0.1) is 0 Å². The Bertz CT molecular complexity index is 1150. The molecule has 0 spiro atoms. The molecule has 0 aliphatic heterocycles. The fourth-order valence-electron chi connectivity index (χ4n) is 2.76. The lowest BCUT2D eigenvalue weighted by molar-refractivity contribution is -0.185. The minimum Gasteiger partial charge on any atom is -0.400 e. The molecule has 0 bridgehead atoms. The Balaban J connectivity index is 1.54. The average Bonchev–Trinajstić information content (AvgIpc) is 2.78. The van der Waals surface area contributed by atoms with Gasteiger partial charge in [0.05, 0.1) is 0 Å². The first-order valence-electron chi connectivity index (χ1n) is 9.63. The van der Waals surface area contributed by atoms with E-state index in [0.29, 0.717) is 11.5 Å². The van der Waals surface area contributed by atoms with Crippen LogP contribution in [0.2, 0.25) is 0 Å². The molecule has 31 heavy (non-hydrogen) atoms. The number of fused-ring (bicyclic) bond motifs is 1. The molecule has 0 saturated heterocycles. The normalized spacial score (nSPS) is 11.3. The maximum absolute atomic E-state index is 13.3. The summed E-state index contributed by atoms with van der Waals surface area (Å²) in [5.74, 6) is 0.959. The van der Waals surface area contributed by atoms with E-state index in [4.69, 9.17) is 23.6 Å². The van der Waals surface area contributed by atoms with Crippen LogP contribution in [0.15, 0.2) is 91.0 Å². The topological polar surface area (TPSA) is 63.2 Å². The SMILES string of the molecule is Cc1ccc(OOP(=O)(OOc2ccc(C)cc2)Oc2ccc3ccccc3c2)cc1. The van der Waals surface area contributed by atoms with E-state index in [2.05, 4.69) is 0 Å². The van der Waals surface area contributed by atoms with Crippen LogP contribution in [0, 0.1) is 13.8 Å². The maximum atomic E-state index is 13.3. The van der Waals surface area contributed by atoms with Crippen molar-refractivity contribution in [3.63, 3.8) is 0 Å². The molecule has 0 aliphatic carbocycles. The molecule has 0 fully saturated rings. The third kappa shape index (κ3) is 5.64. The van der Waals surface area contributed by atoms with E-state index in [1.165, 1.54) is 0 Å². The molecule has 0 amide bonds. The molecule has 0 aromatic heterocycles. The van der Waals surface area contributed by atoms with Gasteiger partial charge < -0.3 is 14.3 Å². The van der Waals surface area contributed by atoms with Gasteiger partial charge in [0.1, 0.15) is 5.75 Å². The average molecular weight is 436 g/mol. The summed E-state index contributed by atoms with van der Waals surface area (Å²) < 4.78 is 29.1. The van der Waals surface area contributed by atoms with Crippen molar-refractivity contribution in [2.75, 3.05) is 0 Å². The van der Waals surface area contributed by atoms with E-state index in [-0.39, 0.29) is 5.75 Å². The summed E-state index contributed by atoms with van der Waals surface area (Å²) in [7, 11) is -4.32. The minimum absolute atomic E-state index is 0.280. The predicted octanol–water partition coefficient (Wildman–Crippen LogP) is 6.96. The predicted molar refractivity (Wildman–Crippen MR) is 118 cm³/mol. The highest BCUT2D eigenvalue weighted by Crippen LogP contribution is 2.50. The molecule has 4 aromatic rings. The van der Waals surface area contributed by atoms with Gasteiger partial charge in [0, 0.05) is 0 Å². The van der Waals surface area contributed by atoms with E-state index in [1.54, 1.807) is 36.4 Å². The van der Waals surface area contributed by atoms with Crippen molar-refractivity contribution in [2.24, 2.45) is 0 Å². The van der Waals surface area contributed by atoms with Crippen LogP contribution in [-0.4, -0.2) is 0 Å². The first-order chi connectivity index (χ1) is 15.0. The molecule has 4 aromatic carbocycles. The highest BCUT2D eigenvalue weighted by Gasteiger charge is 2.35. The van der Waals surface area contributed by atoms with Crippen molar-refractivity contribution in [2.45, 2.75) is 13.8 Å². The zero-order valence-electron chi connectivity index (χ0n) is 17.1. The molecule has 0 saturated carbocycles. The van der Waals surface area contributed by atoms with Gasteiger partial charge in [-0.2, -0.15) is 0 Å². The van der Waals surface area contributed by atoms with Crippen LogP contribution in [0.5, 0.6) is 17.2 Å². The number of rotatable bonds is 8. The van der Waals surface area contributed by atoms with E-state index in [1.807, 2.05) is 68.4 Å². The lowest BCUT2D eigenvalue weighted by Crippen LogP contribution is -2.08. The summed E-state index contributed by atoms with van der Waals surface area (Å²) in [4.78, 5) is 10.4. The maximum Gasteiger partial charge on any atom is 0.604 e. The van der Waals surface area contributed by atoms with Crippen LogP contribution in [0.25, 0.3) is 10.8 Å². The van der Waals surface area contributed by atoms with Crippen molar-refractivity contribution >= 4 is 18.6 Å². The second kappa shape index (κ2) is 9.23. The van der Waals surface area contributed by atoms with Crippen molar-refractivity contribution < 1.29 is 28.2 Å². The van der Waals surface area contributed by atoms with Gasteiger partial charge >= 0.3 is 7.82 Å². The van der Waals surface area contributed by atoms with E-state index in [0.717, 1.165) is 21.9 Å². The Kier molecular flexibility index (Phi) is 6.23. The molecule has 0 aliphatic rings. The molecule has 6 nitrogen and oxygen atoms in total. The molecular weight excluding hydrogens is 415 g/mol. The summed E-state index contributed by atoms with van der Waals surface area (Å²) >= 11 is 0. The van der Waals surface area contributed by atoms with Gasteiger partial charge in [-0.25, -0.2) is 4.57 Å². The highest BCUT2D eigenvalue weighted by atomic mass is 31.2. The Morgan fingerprint density at radius 1 is 0.581 bits per heavy atom. The van der Waals surface area contributed by atoms with Crippen LogP contribution in [0.4, 0.5) is 0 Å². The van der Waals surface area contributed by atoms with Crippen LogP contribution < -0.4 is 14.3 Å². The third-order valence-electron chi connectivity index (χ3n) is 4.43. The summed E-state index contributed by atoms with van der Waals surface area (Å²) in [6, 6.07) is 27.0. The standard InChI is InChI=1S/C24H21O6P/c1-18-7-12-22(13-8-18)26-29-31(25,30-27-23-14-9-19(2)10-15-23)28-24-16-11-20-5-3-4-6-21(20)17-24/h3-17H,1-2H3. The molecule has 0 N–H and O–H groups in total. The summed E-state index contributed by atoms with van der Waals surface area (Å²) in [6.07, 6.45) is 0. The fraction of sp³-hybridized carbons (Fsp3) is 0.0833. The quantitative estimate of drug-likeness (QED) is 0.169. The first-order valence-corrected chi connectivity index (χ1v) is 11.1. The Morgan fingerprint density at radius 3 is 1.61 bits per heavy atom. The number of phosphoric acid groups is 1. The van der Waals surface area contributed by atoms with Crippen LogP contribution in [0.1, 0.15) is 11.1 Å². The molecular formula is C24H21O6P. The minimum atomic E-state index is -4.32. The Morgan fingerprint density at radius 2 is 1.06 bits per heavy atom. The monoisotopic (exact) mass is 436 g/mol. The van der Waals surface area contributed by atoms with Crippen LogP contribution in [0.3, 0.4) is 0 Å². The zero-order valence-corrected chi connectivity index (χ0v) is 18.0. The second-order valence-corrected chi connectivity index (χ2v) is 8.36. The van der Waals surface area contributed by atoms with Crippen molar-refractivity contribution in [1.29, 1.82) is 0 Å². The van der Waals surface area contributed by atoms with Gasteiger partial charge in [-0.05, 0) is 61.0 Å². The van der Waals surface area contributed by atoms with Crippen molar-refractivity contribution in [3.05, 3.63) is 102 Å². The molecule has 7 heteroatoms. The van der Waals surface area contributed by atoms with Crippen LogP contribution >= 0.6 is 7.82 Å². The smallest absolute Gasteiger partial charge is 0.400 e. The third-order valence-corrected chi connectivity index (χ3v) is 5.38. The number of hydrogen-bond donors (Lipinski definition) is 0. The zero-order chi connectivity index (χ0) is 21.7. The largest absolute Gasteiger partial charge is 0.604 e. The van der Waals surface area contributed by atoms with Gasteiger partial charge in [0.15, 0.2) is 11.5 Å². The highest BCUT2D eigenvalue weighted by molar-refractivity contribution is 7.48. The number of benzene rings is 4. The fourth-order valence-corrected chi connectivity index (χ4v) is 3.57.